The fourth-order valence-corrected chi connectivity index (χ4v) is 3.78. The van der Waals surface area contributed by atoms with E-state index in [4.69, 9.17) is 0 Å². The van der Waals surface area contributed by atoms with Crippen LogP contribution in [0.3, 0.4) is 0 Å². The lowest BCUT2D eigenvalue weighted by molar-refractivity contribution is -0.133. The van der Waals surface area contributed by atoms with E-state index in [-0.39, 0.29) is 23.2 Å². The molecule has 0 aromatic carbocycles. The van der Waals surface area contributed by atoms with Crippen molar-refractivity contribution < 1.29 is 4.79 Å². The number of hydrogen-bond acceptors (Lipinski definition) is 4. The summed E-state index contributed by atoms with van der Waals surface area (Å²) in [7, 11) is 0. The molecule has 0 saturated heterocycles. The molecule has 128 valence electrons. The standard InChI is InChI=1S/C17H28N4OS/c1-7-10-20-15(14-8-9-14)18-19-17(20)23-13(6)16(22)21(11(2)3)12(4)5/h7,11-14H,1,8-10H2,2-6H3. The molecule has 1 saturated carbocycles. The molecule has 0 bridgehead atoms. The molecule has 1 unspecified atom stereocenters. The van der Waals surface area contributed by atoms with Gasteiger partial charge < -0.3 is 9.47 Å². The summed E-state index contributed by atoms with van der Waals surface area (Å²) in [4.78, 5) is 14.7. The van der Waals surface area contributed by atoms with Crippen molar-refractivity contribution in [1.82, 2.24) is 19.7 Å². The van der Waals surface area contributed by atoms with Gasteiger partial charge in [-0.25, -0.2) is 0 Å². The number of rotatable bonds is 8. The van der Waals surface area contributed by atoms with Crippen LogP contribution in [0.25, 0.3) is 0 Å². The molecule has 6 heteroatoms. The predicted octanol–water partition coefficient (Wildman–Crippen LogP) is 3.47. The molecule has 1 heterocycles. The number of amides is 1. The van der Waals surface area contributed by atoms with Crippen LogP contribution in [0, 0.1) is 0 Å². The Balaban J connectivity index is 2.14. The van der Waals surface area contributed by atoms with E-state index in [1.165, 1.54) is 24.6 Å². The number of thioether (sulfide) groups is 1. The van der Waals surface area contributed by atoms with E-state index in [2.05, 4.69) is 49.0 Å². The third-order valence-electron chi connectivity index (χ3n) is 4.00. The second-order valence-electron chi connectivity index (χ2n) is 6.71. The fourth-order valence-electron chi connectivity index (χ4n) is 2.86. The molecule has 0 aliphatic heterocycles. The molecule has 1 amide bonds. The number of carbonyl (C=O) groups is 1. The summed E-state index contributed by atoms with van der Waals surface area (Å²) in [6.07, 6.45) is 4.23. The van der Waals surface area contributed by atoms with E-state index in [0.29, 0.717) is 12.5 Å². The van der Waals surface area contributed by atoms with Gasteiger partial charge in [0.05, 0.1) is 5.25 Å². The summed E-state index contributed by atoms with van der Waals surface area (Å²) >= 11 is 1.50. The van der Waals surface area contributed by atoms with Gasteiger partial charge in [0.1, 0.15) is 5.82 Å². The van der Waals surface area contributed by atoms with Gasteiger partial charge in [-0.1, -0.05) is 17.8 Å². The first-order valence-electron chi connectivity index (χ1n) is 8.39. The summed E-state index contributed by atoms with van der Waals surface area (Å²) in [5, 5.41) is 9.31. The zero-order chi connectivity index (χ0) is 17.1. The zero-order valence-electron chi connectivity index (χ0n) is 14.8. The Labute approximate surface area is 143 Å². The van der Waals surface area contributed by atoms with Crippen LogP contribution < -0.4 is 0 Å². The van der Waals surface area contributed by atoms with Crippen molar-refractivity contribution in [3.63, 3.8) is 0 Å². The smallest absolute Gasteiger partial charge is 0.236 e. The van der Waals surface area contributed by atoms with Crippen LogP contribution in [-0.4, -0.2) is 42.9 Å². The Morgan fingerprint density at radius 3 is 2.39 bits per heavy atom. The molecule has 1 atom stereocenters. The van der Waals surface area contributed by atoms with Crippen molar-refractivity contribution in [3.8, 4) is 0 Å². The van der Waals surface area contributed by atoms with Crippen LogP contribution >= 0.6 is 11.8 Å². The molecule has 1 fully saturated rings. The topological polar surface area (TPSA) is 51.0 Å². The zero-order valence-corrected chi connectivity index (χ0v) is 15.6. The minimum Gasteiger partial charge on any atom is -0.337 e. The van der Waals surface area contributed by atoms with Gasteiger partial charge in [0.2, 0.25) is 5.91 Å². The van der Waals surface area contributed by atoms with Gasteiger partial charge in [-0.15, -0.1) is 16.8 Å². The molecule has 0 radical (unpaired) electrons. The van der Waals surface area contributed by atoms with Gasteiger partial charge in [0.15, 0.2) is 5.16 Å². The SMILES string of the molecule is C=CCn1c(SC(C)C(=O)N(C(C)C)C(C)C)nnc1C1CC1. The van der Waals surface area contributed by atoms with E-state index < -0.39 is 0 Å². The lowest BCUT2D eigenvalue weighted by Crippen LogP contribution is -2.45. The predicted molar refractivity (Wildman–Crippen MR) is 94.6 cm³/mol. The first-order chi connectivity index (χ1) is 10.9. The summed E-state index contributed by atoms with van der Waals surface area (Å²) in [5.74, 6) is 1.73. The molecule has 5 nitrogen and oxygen atoms in total. The summed E-state index contributed by atoms with van der Waals surface area (Å²) in [5.41, 5.74) is 0. The highest BCUT2D eigenvalue weighted by atomic mass is 32.2. The Morgan fingerprint density at radius 1 is 1.30 bits per heavy atom. The number of nitrogens with zero attached hydrogens (tertiary/aromatic N) is 4. The second kappa shape index (κ2) is 7.51. The Hall–Kier alpha value is -1.30. The van der Waals surface area contributed by atoms with Crippen LogP contribution in [0.1, 0.15) is 59.2 Å². The second-order valence-corrected chi connectivity index (χ2v) is 8.02. The Morgan fingerprint density at radius 2 is 1.91 bits per heavy atom. The first-order valence-corrected chi connectivity index (χ1v) is 9.27. The quantitative estimate of drug-likeness (QED) is 0.539. The van der Waals surface area contributed by atoms with Crippen molar-refractivity contribution in [1.29, 1.82) is 0 Å². The fraction of sp³-hybridized carbons (Fsp3) is 0.706. The van der Waals surface area contributed by atoms with Crippen molar-refractivity contribution in [2.75, 3.05) is 0 Å². The lowest BCUT2D eigenvalue weighted by atomic mass is 10.2. The van der Waals surface area contributed by atoms with Crippen LogP contribution in [0.15, 0.2) is 17.8 Å². The van der Waals surface area contributed by atoms with E-state index in [1.54, 1.807) is 0 Å². The summed E-state index contributed by atoms with van der Waals surface area (Å²) in [6.45, 7) is 14.7. The monoisotopic (exact) mass is 336 g/mol. The highest BCUT2D eigenvalue weighted by Crippen LogP contribution is 2.40. The number of allylic oxidation sites excluding steroid dienone is 1. The van der Waals surface area contributed by atoms with Crippen LogP contribution in [0.5, 0.6) is 0 Å². The molecular weight excluding hydrogens is 308 g/mol. The lowest BCUT2D eigenvalue weighted by Gasteiger charge is -2.32. The summed E-state index contributed by atoms with van der Waals surface area (Å²) < 4.78 is 2.11. The normalized spacial score (nSPS) is 16.0. The highest BCUT2D eigenvalue weighted by Gasteiger charge is 2.32. The number of aromatic nitrogens is 3. The van der Waals surface area contributed by atoms with Gasteiger partial charge >= 0.3 is 0 Å². The molecule has 23 heavy (non-hydrogen) atoms. The average molecular weight is 337 g/mol. The maximum absolute atomic E-state index is 12.8. The molecule has 1 aliphatic rings. The van der Waals surface area contributed by atoms with Crippen LogP contribution in [0.4, 0.5) is 0 Å². The van der Waals surface area contributed by atoms with Gasteiger partial charge in [0.25, 0.3) is 0 Å². The minimum atomic E-state index is -0.181. The third-order valence-corrected chi connectivity index (χ3v) is 5.06. The van der Waals surface area contributed by atoms with Gasteiger partial charge in [-0.3, -0.25) is 4.79 Å². The van der Waals surface area contributed by atoms with Gasteiger partial charge in [-0.2, -0.15) is 0 Å². The molecule has 0 N–H and O–H groups in total. The van der Waals surface area contributed by atoms with E-state index in [0.717, 1.165) is 11.0 Å². The highest BCUT2D eigenvalue weighted by molar-refractivity contribution is 8.00. The maximum atomic E-state index is 12.8. The van der Waals surface area contributed by atoms with E-state index in [1.807, 2.05) is 17.9 Å². The molecule has 0 spiro atoms. The third kappa shape index (κ3) is 4.16. The van der Waals surface area contributed by atoms with Crippen LogP contribution in [-0.2, 0) is 11.3 Å². The van der Waals surface area contributed by atoms with Crippen molar-refractivity contribution in [2.45, 2.75) is 82.4 Å². The van der Waals surface area contributed by atoms with Gasteiger partial charge in [0, 0.05) is 24.5 Å². The van der Waals surface area contributed by atoms with E-state index in [9.17, 15) is 4.79 Å². The van der Waals surface area contributed by atoms with Crippen molar-refractivity contribution >= 4 is 17.7 Å². The molecular formula is C17H28N4OS. The summed E-state index contributed by atoms with van der Waals surface area (Å²) in [6, 6.07) is 0.386. The average Bonchev–Trinajstić information content (AvgIpc) is 3.23. The van der Waals surface area contributed by atoms with Gasteiger partial charge in [-0.05, 0) is 47.5 Å². The van der Waals surface area contributed by atoms with E-state index >= 15 is 0 Å². The van der Waals surface area contributed by atoms with Crippen LogP contribution in [0.2, 0.25) is 0 Å². The molecule has 2 rings (SSSR count). The van der Waals surface area contributed by atoms with Crippen molar-refractivity contribution in [2.24, 2.45) is 0 Å². The number of carbonyl (C=O) groups excluding carboxylic acids is 1. The molecule has 1 aliphatic carbocycles. The molecule has 1 aromatic rings. The maximum Gasteiger partial charge on any atom is 0.236 e. The minimum absolute atomic E-state index is 0.154. The largest absolute Gasteiger partial charge is 0.337 e. The Bertz CT molecular complexity index is 555. The molecule has 1 aromatic heterocycles. The van der Waals surface area contributed by atoms with Crippen molar-refractivity contribution in [3.05, 3.63) is 18.5 Å². The number of hydrogen-bond donors (Lipinski definition) is 0. The Kier molecular flexibility index (Phi) is 5.89. The first kappa shape index (κ1) is 18.0.